The summed E-state index contributed by atoms with van der Waals surface area (Å²) < 4.78 is 0. The highest BCUT2D eigenvalue weighted by Gasteiger charge is 2.40. The molecule has 1 atom stereocenters. The number of hydrogen-bond acceptors (Lipinski definition) is 2. The monoisotopic (exact) mass is 238 g/mol. The highest BCUT2D eigenvalue weighted by molar-refractivity contribution is 5.85. The molecule has 0 amide bonds. The molecule has 88 valence electrons. The fourth-order valence-electron chi connectivity index (χ4n) is 2.94. The van der Waals surface area contributed by atoms with Crippen LogP contribution < -0.4 is 10.2 Å². The first-order valence-electron chi connectivity index (χ1n) is 5.89. The Morgan fingerprint density at radius 3 is 2.62 bits per heavy atom. The van der Waals surface area contributed by atoms with Gasteiger partial charge in [-0.05, 0) is 31.5 Å². The normalized spacial score (nSPS) is 28.4. The predicted molar refractivity (Wildman–Crippen MR) is 70.4 cm³/mol. The summed E-state index contributed by atoms with van der Waals surface area (Å²) in [6.07, 6.45) is 2.71. The zero-order chi connectivity index (χ0) is 10.1. The first-order valence-corrected chi connectivity index (χ1v) is 5.89. The maximum Gasteiger partial charge on any atom is 0.0366 e. The predicted octanol–water partition coefficient (Wildman–Crippen LogP) is 2.30. The number of benzene rings is 1. The van der Waals surface area contributed by atoms with Crippen molar-refractivity contribution in [2.45, 2.75) is 12.8 Å². The fraction of sp³-hybridized carbons (Fsp3) is 0.538. The first-order chi connectivity index (χ1) is 7.38. The van der Waals surface area contributed by atoms with Crippen LogP contribution in [0.15, 0.2) is 30.3 Å². The maximum atomic E-state index is 3.50. The van der Waals surface area contributed by atoms with Gasteiger partial charge in [0, 0.05) is 30.7 Å². The minimum absolute atomic E-state index is 0. The SMILES string of the molecule is Cl.c1ccc(N2CCC3(CCNC3)C2)cc1. The average Bonchev–Trinajstić information content (AvgIpc) is 2.91. The van der Waals surface area contributed by atoms with E-state index in [2.05, 4.69) is 40.5 Å². The van der Waals surface area contributed by atoms with E-state index in [1.165, 1.54) is 44.7 Å². The van der Waals surface area contributed by atoms with E-state index in [0.29, 0.717) is 5.41 Å². The molecule has 0 aromatic heterocycles. The van der Waals surface area contributed by atoms with Gasteiger partial charge in [0.05, 0.1) is 0 Å². The van der Waals surface area contributed by atoms with Crippen molar-refractivity contribution in [3.05, 3.63) is 30.3 Å². The zero-order valence-electron chi connectivity index (χ0n) is 9.48. The van der Waals surface area contributed by atoms with Gasteiger partial charge in [-0.25, -0.2) is 0 Å². The van der Waals surface area contributed by atoms with Crippen LogP contribution in [0.2, 0.25) is 0 Å². The molecule has 0 radical (unpaired) electrons. The largest absolute Gasteiger partial charge is 0.371 e. The lowest BCUT2D eigenvalue weighted by Crippen LogP contribution is -2.28. The lowest BCUT2D eigenvalue weighted by atomic mass is 9.86. The lowest BCUT2D eigenvalue weighted by molar-refractivity contribution is 0.369. The van der Waals surface area contributed by atoms with E-state index in [1.807, 2.05) is 0 Å². The Balaban J connectivity index is 0.000000963. The van der Waals surface area contributed by atoms with Crippen LogP contribution in [0, 0.1) is 5.41 Å². The Morgan fingerprint density at radius 2 is 1.94 bits per heavy atom. The van der Waals surface area contributed by atoms with Crippen molar-refractivity contribution in [1.29, 1.82) is 0 Å². The quantitative estimate of drug-likeness (QED) is 0.808. The Kier molecular flexibility index (Phi) is 3.41. The molecule has 1 unspecified atom stereocenters. The number of rotatable bonds is 1. The standard InChI is InChI=1S/C13H18N2.ClH/c1-2-4-12(5-3-1)15-9-7-13(11-15)6-8-14-10-13;/h1-5,14H,6-11H2;1H. The highest BCUT2D eigenvalue weighted by atomic mass is 35.5. The van der Waals surface area contributed by atoms with Crippen LogP contribution in [0.3, 0.4) is 0 Å². The van der Waals surface area contributed by atoms with Crippen LogP contribution in [-0.4, -0.2) is 26.2 Å². The maximum absolute atomic E-state index is 3.50. The number of para-hydroxylation sites is 1. The van der Waals surface area contributed by atoms with E-state index in [1.54, 1.807) is 0 Å². The number of nitrogens with zero attached hydrogens (tertiary/aromatic N) is 1. The molecule has 3 heteroatoms. The summed E-state index contributed by atoms with van der Waals surface area (Å²) in [5.74, 6) is 0. The Labute approximate surface area is 103 Å². The molecule has 3 rings (SSSR count). The zero-order valence-corrected chi connectivity index (χ0v) is 10.3. The van der Waals surface area contributed by atoms with Crippen LogP contribution in [0.1, 0.15) is 12.8 Å². The molecule has 0 bridgehead atoms. The topological polar surface area (TPSA) is 15.3 Å². The van der Waals surface area contributed by atoms with Crippen LogP contribution >= 0.6 is 12.4 Å². The van der Waals surface area contributed by atoms with E-state index in [0.717, 1.165) is 0 Å². The van der Waals surface area contributed by atoms with Gasteiger partial charge in [-0.15, -0.1) is 12.4 Å². The minimum atomic E-state index is 0. The minimum Gasteiger partial charge on any atom is -0.371 e. The van der Waals surface area contributed by atoms with Crippen molar-refractivity contribution >= 4 is 18.1 Å². The van der Waals surface area contributed by atoms with Crippen molar-refractivity contribution in [3.8, 4) is 0 Å². The Bertz CT molecular complexity index is 333. The van der Waals surface area contributed by atoms with Gasteiger partial charge in [0.1, 0.15) is 0 Å². The molecule has 2 fully saturated rings. The fourth-order valence-corrected chi connectivity index (χ4v) is 2.94. The number of halogens is 1. The summed E-state index contributed by atoms with van der Waals surface area (Å²) in [5, 5.41) is 3.50. The molecule has 1 aromatic rings. The van der Waals surface area contributed by atoms with E-state index >= 15 is 0 Å². The van der Waals surface area contributed by atoms with Crippen molar-refractivity contribution < 1.29 is 0 Å². The molecule has 1 spiro atoms. The van der Waals surface area contributed by atoms with Crippen molar-refractivity contribution in [2.24, 2.45) is 5.41 Å². The molecule has 2 aliphatic heterocycles. The summed E-state index contributed by atoms with van der Waals surface area (Å²) in [5.41, 5.74) is 1.97. The van der Waals surface area contributed by atoms with Crippen molar-refractivity contribution in [1.82, 2.24) is 5.32 Å². The highest BCUT2D eigenvalue weighted by Crippen LogP contribution is 2.37. The molecule has 2 nitrogen and oxygen atoms in total. The second-order valence-corrected chi connectivity index (χ2v) is 4.93. The molecule has 0 aliphatic carbocycles. The van der Waals surface area contributed by atoms with E-state index in [-0.39, 0.29) is 12.4 Å². The van der Waals surface area contributed by atoms with Gasteiger partial charge >= 0.3 is 0 Å². The lowest BCUT2D eigenvalue weighted by Gasteiger charge is -2.23. The van der Waals surface area contributed by atoms with Crippen LogP contribution in [0.5, 0.6) is 0 Å². The van der Waals surface area contributed by atoms with Gasteiger partial charge < -0.3 is 10.2 Å². The molecule has 2 aliphatic rings. The third-order valence-electron chi connectivity index (χ3n) is 3.89. The van der Waals surface area contributed by atoms with Gasteiger partial charge in [-0.3, -0.25) is 0 Å². The van der Waals surface area contributed by atoms with Crippen molar-refractivity contribution in [3.63, 3.8) is 0 Å². The van der Waals surface area contributed by atoms with Crippen molar-refractivity contribution in [2.75, 3.05) is 31.1 Å². The third-order valence-corrected chi connectivity index (χ3v) is 3.89. The first kappa shape index (κ1) is 11.7. The van der Waals surface area contributed by atoms with Gasteiger partial charge in [0.15, 0.2) is 0 Å². The molecule has 1 N–H and O–H groups in total. The van der Waals surface area contributed by atoms with E-state index in [4.69, 9.17) is 0 Å². The Hall–Kier alpha value is -0.730. The van der Waals surface area contributed by atoms with Crippen LogP contribution in [0.25, 0.3) is 0 Å². The smallest absolute Gasteiger partial charge is 0.0366 e. The summed E-state index contributed by atoms with van der Waals surface area (Å²) in [4.78, 5) is 2.53. The van der Waals surface area contributed by atoms with Gasteiger partial charge in [-0.2, -0.15) is 0 Å². The number of hydrogen-bond donors (Lipinski definition) is 1. The molecular weight excluding hydrogens is 220 g/mol. The van der Waals surface area contributed by atoms with Crippen LogP contribution in [-0.2, 0) is 0 Å². The molecule has 2 heterocycles. The molecule has 2 saturated heterocycles. The van der Waals surface area contributed by atoms with Crippen LogP contribution in [0.4, 0.5) is 5.69 Å². The second kappa shape index (κ2) is 4.64. The molecule has 0 saturated carbocycles. The Morgan fingerprint density at radius 1 is 1.12 bits per heavy atom. The summed E-state index contributed by atoms with van der Waals surface area (Å²) in [6.45, 7) is 4.90. The molecule has 16 heavy (non-hydrogen) atoms. The van der Waals surface area contributed by atoms with Gasteiger partial charge in [-0.1, -0.05) is 18.2 Å². The average molecular weight is 239 g/mol. The number of nitrogens with one attached hydrogen (secondary N) is 1. The van der Waals surface area contributed by atoms with E-state index in [9.17, 15) is 0 Å². The van der Waals surface area contributed by atoms with E-state index < -0.39 is 0 Å². The third kappa shape index (κ3) is 2.04. The molecule has 1 aromatic carbocycles. The summed E-state index contributed by atoms with van der Waals surface area (Å²) >= 11 is 0. The summed E-state index contributed by atoms with van der Waals surface area (Å²) in [6, 6.07) is 10.8. The van der Waals surface area contributed by atoms with Gasteiger partial charge in [0.2, 0.25) is 0 Å². The number of anilines is 1. The summed E-state index contributed by atoms with van der Waals surface area (Å²) in [7, 11) is 0. The van der Waals surface area contributed by atoms with Gasteiger partial charge in [0.25, 0.3) is 0 Å². The molecular formula is C13H19ClN2. The second-order valence-electron chi connectivity index (χ2n) is 4.93.